The van der Waals surface area contributed by atoms with Crippen LogP contribution in [0.4, 0.5) is 38.7 Å². The molecule has 4 amide bonds. The summed E-state index contributed by atoms with van der Waals surface area (Å²) in [7, 11) is 0. The molecule has 3 atom stereocenters. The molecule has 1 aliphatic heterocycles. The van der Waals surface area contributed by atoms with Gasteiger partial charge < -0.3 is 25.8 Å². The molecule has 0 bridgehead atoms. The summed E-state index contributed by atoms with van der Waals surface area (Å²) in [5.74, 6) is -0.340. The molecule has 0 spiro atoms. The minimum absolute atomic E-state index is 0.00942. The maximum Gasteiger partial charge on any atom is 0.419 e. The number of ether oxygens (including phenoxy) is 1. The van der Waals surface area contributed by atoms with Crippen molar-refractivity contribution in [2.75, 3.05) is 10.6 Å². The van der Waals surface area contributed by atoms with Gasteiger partial charge in [0.05, 0.1) is 23.2 Å². The third kappa shape index (κ3) is 4.09. The fourth-order valence-electron chi connectivity index (χ4n) is 4.96. The number of amides is 4. The number of anilines is 2. The number of carbonyl (C=O) groups excluding carboxylic acids is 2. The maximum atomic E-state index is 13.5. The number of aromatic hydroxyl groups is 1. The molecule has 0 saturated heterocycles. The number of alkyl halides is 3. The number of hydrogen-bond acceptors (Lipinski definition) is 5. The lowest BCUT2D eigenvalue weighted by atomic mass is 9.99. The molecule has 5 N–H and O–H groups in total. The minimum atomic E-state index is -4.90. The molecule has 196 valence electrons. The van der Waals surface area contributed by atoms with Crippen LogP contribution in [-0.4, -0.2) is 27.7 Å². The molecule has 2 fully saturated rings. The first-order valence-corrected chi connectivity index (χ1v) is 11.5. The lowest BCUT2D eigenvalue weighted by Crippen LogP contribution is -2.36. The Kier molecular flexibility index (Phi) is 5.16. The summed E-state index contributed by atoms with van der Waals surface area (Å²) < 4.78 is 58.5. The first-order chi connectivity index (χ1) is 18.0. The molecule has 38 heavy (non-hydrogen) atoms. The molecule has 2 aliphatic carbocycles. The minimum Gasteiger partial charge on any atom is -0.508 e. The predicted octanol–water partition coefficient (Wildman–Crippen LogP) is 5.05. The Morgan fingerprint density at radius 1 is 1.18 bits per heavy atom. The summed E-state index contributed by atoms with van der Waals surface area (Å²) in [6.45, 7) is 0.223. The second kappa shape index (κ2) is 8.23. The molecule has 0 radical (unpaired) electrons. The molecule has 2 aromatic carbocycles. The van der Waals surface area contributed by atoms with Crippen molar-refractivity contribution >= 4 is 23.6 Å². The quantitative estimate of drug-likeness (QED) is 0.296. The van der Waals surface area contributed by atoms with Gasteiger partial charge in [-0.1, -0.05) is 0 Å². The molecule has 6 rings (SSSR count). The molecular weight excluding hydrogens is 510 g/mol. The van der Waals surface area contributed by atoms with E-state index in [0.29, 0.717) is 47.0 Å². The van der Waals surface area contributed by atoms with Gasteiger partial charge in [-0.15, -0.1) is 0 Å². The Hall–Kier alpha value is -4.55. The van der Waals surface area contributed by atoms with Crippen LogP contribution in [0.1, 0.15) is 29.0 Å². The van der Waals surface area contributed by atoms with Crippen LogP contribution in [0.5, 0.6) is 17.2 Å². The number of aromatic nitrogens is 1. The first kappa shape index (κ1) is 23.8. The van der Waals surface area contributed by atoms with Crippen molar-refractivity contribution in [2.45, 2.75) is 30.6 Å². The highest BCUT2D eigenvalue weighted by molar-refractivity contribution is 5.92. The van der Waals surface area contributed by atoms with Crippen molar-refractivity contribution in [3.8, 4) is 17.2 Å². The second-order valence-electron chi connectivity index (χ2n) is 9.37. The van der Waals surface area contributed by atoms with Gasteiger partial charge in [-0.25, -0.2) is 19.0 Å². The summed E-state index contributed by atoms with van der Waals surface area (Å²) in [6.07, 6.45) is -2.77. The zero-order valence-electron chi connectivity index (χ0n) is 19.3. The van der Waals surface area contributed by atoms with E-state index in [1.807, 2.05) is 0 Å². The van der Waals surface area contributed by atoms with Crippen LogP contribution in [0.25, 0.3) is 0 Å². The monoisotopic (exact) mass is 529 g/mol. The zero-order valence-corrected chi connectivity index (χ0v) is 19.3. The lowest BCUT2D eigenvalue weighted by Gasteiger charge is -2.20. The highest BCUT2D eigenvalue weighted by Crippen LogP contribution is 2.77. The largest absolute Gasteiger partial charge is 0.508 e. The molecule has 3 aliphatic rings. The standard InChI is InChI=1S/C25H19F4N5O4/c26-17-3-1-11(7-15(17)25(27,28)29)32-23(37)34-24-9-16(24)20(24)13-8-12(2-4-18(13)35)38-19-5-6-30-21-14(19)10-31-22(36)33-21/h1-8,16,20,35H,9-10H2,(H2,32,34,37)(H2,30,31,33,36)/t16-,20+,24-/m0/s1. The van der Waals surface area contributed by atoms with E-state index in [4.69, 9.17) is 4.74 Å². The van der Waals surface area contributed by atoms with Crippen molar-refractivity contribution in [1.82, 2.24) is 15.6 Å². The topological polar surface area (TPSA) is 125 Å². The number of hydrogen-bond donors (Lipinski definition) is 5. The Bertz CT molecular complexity index is 1500. The number of phenols is 1. The van der Waals surface area contributed by atoms with E-state index in [2.05, 4.69) is 26.3 Å². The molecule has 1 aromatic heterocycles. The molecule has 3 aromatic rings. The molecule has 2 saturated carbocycles. The van der Waals surface area contributed by atoms with E-state index in [-0.39, 0.29) is 35.8 Å². The van der Waals surface area contributed by atoms with E-state index in [1.165, 1.54) is 12.3 Å². The summed E-state index contributed by atoms with van der Waals surface area (Å²) in [4.78, 5) is 28.2. The van der Waals surface area contributed by atoms with Gasteiger partial charge in [0.15, 0.2) is 0 Å². The van der Waals surface area contributed by atoms with Crippen molar-refractivity contribution in [3.05, 3.63) is 71.2 Å². The number of nitrogens with zero attached hydrogens (tertiary/aromatic N) is 1. The van der Waals surface area contributed by atoms with Crippen LogP contribution in [0.2, 0.25) is 0 Å². The molecule has 9 nitrogen and oxygen atoms in total. The fourth-order valence-corrected chi connectivity index (χ4v) is 4.96. The van der Waals surface area contributed by atoms with Gasteiger partial charge in [0.25, 0.3) is 0 Å². The lowest BCUT2D eigenvalue weighted by molar-refractivity contribution is -0.139. The van der Waals surface area contributed by atoms with Crippen molar-refractivity contribution in [2.24, 2.45) is 5.92 Å². The van der Waals surface area contributed by atoms with Crippen LogP contribution < -0.4 is 26.0 Å². The number of urea groups is 2. The molecule has 2 heterocycles. The average molecular weight is 529 g/mol. The highest BCUT2D eigenvalue weighted by atomic mass is 19.4. The smallest absolute Gasteiger partial charge is 0.419 e. The third-order valence-electron chi connectivity index (χ3n) is 7.02. The van der Waals surface area contributed by atoms with Gasteiger partial charge in [-0.2, -0.15) is 13.2 Å². The second-order valence-corrected chi connectivity index (χ2v) is 9.37. The number of nitrogens with one attached hydrogen (secondary N) is 4. The number of pyridine rings is 1. The maximum absolute atomic E-state index is 13.5. The highest BCUT2D eigenvalue weighted by Gasteiger charge is 2.80. The Morgan fingerprint density at radius 3 is 2.76 bits per heavy atom. The van der Waals surface area contributed by atoms with Crippen LogP contribution in [0.15, 0.2) is 48.7 Å². The van der Waals surface area contributed by atoms with Gasteiger partial charge in [-0.3, -0.25) is 5.32 Å². The number of halogens is 4. The summed E-state index contributed by atoms with van der Waals surface area (Å²) >= 11 is 0. The van der Waals surface area contributed by atoms with E-state index >= 15 is 0 Å². The number of fused-ring (bicyclic) bond motifs is 2. The van der Waals surface area contributed by atoms with Gasteiger partial charge in [0.1, 0.15) is 28.9 Å². The Balaban J connectivity index is 1.16. The number of benzene rings is 2. The van der Waals surface area contributed by atoms with Crippen molar-refractivity contribution in [1.29, 1.82) is 0 Å². The van der Waals surface area contributed by atoms with Crippen LogP contribution >= 0.6 is 0 Å². The van der Waals surface area contributed by atoms with Crippen LogP contribution in [0.3, 0.4) is 0 Å². The van der Waals surface area contributed by atoms with E-state index in [9.17, 15) is 32.3 Å². The molecular formula is C25H19F4N5O4. The number of rotatable bonds is 5. The number of carbonyl (C=O) groups is 2. The molecule has 13 heteroatoms. The van der Waals surface area contributed by atoms with E-state index in [1.54, 1.807) is 18.2 Å². The van der Waals surface area contributed by atoms with Crippen LogP contribution in [0, 0.1) is 11.7 Å². The summed E-state index contributed by atoms with van der Waals surface area (Å²) in [5, 5.41) is 20.8. The van der Waals surface area contributed by atoms with Gasteiger partial charge in [0, 0.05) is 23.4 Å². The summed E-state index contributed by atoms with van der Waals surface area (Å²) in [5.41, 5.74) is -1.12. The predicted molar refractivity (Wildman–Crippen MR) is 125 cm³/mol. The third-order valence-corrected chi connectivity index (χ3v) is 7.02. The zero-order chi connectivity index (χ0) is 26.8. The van der Waals surface area contributed by atoms with E-state index < -0.39 is 29.1 Å². The average Bonchev–Trinajstić information content (AvgIpc) is 3.71. The SMILES string of the molecule is O=C1NCc2c(Oc3ccc(O)c([C@@H]4[C@@H]5C[C@@]45NC(=O)Nc4ccc(F)c(C(F)(F)F)c4)c3)ccnc2N1. The first-order valence-electron chi connectivity index (χ1n) is 11.5. The Morgan fingerprint density at radius 2 is 2.00 bits per heavy atom. The summed E-state index contributed by atoms with van der Waals surface area (Å²) in [6, 6.07) is 7.47. The van der Waals surface area contributed by atoms with Gasteiger partial charge in [-0.05, 0) is 54.8 Å². The normalized spacial score (nSPS) is 22.8. The van der Waals surface area contributed by atoms with Gasteiger partial charge >= 0.3 is 18.2 Å². The van der Waals surface area contributed by atoms with Gasteiger partial charge in [0.2, 0.25) is 0 Å². The molecule has 0 unspecified atom stereocenters. The van der Waals surface area contributed by atoms with Crippen molar-refractivity contribution < 1.29 is 37.0 Å². The van der Waals surface area contributed by atoms with Crippen LogP contribution in [-0.2, 0) is 12.7 Å². The Labute approximate surface area is 212 Å². The van der Waals surface area contributed by atoms with E-state index in [0.717, 1.165) is 6.07 Å². The van der Waals surface area contributed by atoms with Crippen molar-refractivity contribution in [3.63, 3.8) is 0 Å². The number of phenolic OH excluding ortho intramolecular Hbond substituents is 1. The fraction of sp³-hybridized carbons (Fsp3) is 0.240.